The SMILES string of the molecule is OB(O)c1cncc2ncnn12. The normalized spacial score (nSPS) is 10.5. The van der Waals surface area contributed by atoms with Crippen molar-refractivity contribution < 1.29 is 10.0 Å². The van der Waals surface area contributed by atoms with Crippen molar-refractivity contribution in [3.63, 3.8) is 0 Å². The summed E-state index contributed by atoms with van der Waals surface area (Å²) in [5.41, 5.74) is 0.686. The molecule has 6 nitrogen and oxygen atoms in total. The van der Waals surface area contributed by atoms with Crippen LogP contribution in [0.2, 0.25) is 0 Å². The fraction of sp³-hybridized carbons (Fsp3) is 0. The summed E-state index contributed by atoms with van der Waals surface area (Å²) in [6, 6.07) is 0. The van der Waals surface area contributed by atoms with Gasteiger partial charge in [0.1, 0.15) is 6.33 Å². The van der Waals surface area contributed by atoms with Crippen molar-refractivity contribution in [1.29, 1.82) is 0 Å². The molecule has 0 atom stereocenters. The molecule has 0 aromatic carbocycles. The topological polar surface area (TPSA) is 83.5 Å². The molecule has 7 heteroatoms. The summed E-state index contributed by atoms with van der Waals surface area (Å²) >= 11 is 0. The maximum atomic E-state index is 8.87. The third-order valence-electron chi connectivity index (χ3n) is 1.48. The zero-order valence-electron chi connectivity index (χ0n) is 5.99. The fourth-order valence-corrected chi connectivity index (χ4v) is 0.948. The van der Waals surface area contributed by atoms with E-state index in [1.54, 1.807) is 0 Å². The van der Waals surface area contributed by atoms with Gasteiger partial charge >= 0.3 is 7.12 Å². The average molecular weight is 164 g/mol. The molecule has 2 aromatic rings. The Labute approximate surface area is 67.7 Å². The Morgan fingerprint density at radius 3 is 2.92 bits per heavy atom. The molecule has 0 aliphatic heterocycles. The van der Waals surface area contributed by atoms with E-state index >= 15 is 0 Å². The van der Waals surface area contributed by atoms with Crippen LogP contribution < -0.4 is 5.59 Å². The second-order valence-electron chi connectivity index (χ2n) is 2.24. The van der Waals surface area contributed by atoms with Gasteiger partial charge < -0.3 is 10.0 Å². The van der Waals surface area contributed by atoms with E-state index in [-0.39, 0.29) is 5.59 Å². The van der Waals surface area contributed by atoms with Gasteiger partial charge in [0, 0.05) is 6.20 Å². The summed E-state index contributed by atoms with van der Waals surface area (Å²) in [7, 11) is -1.58. The zero-order chi connectivity index (χ0) is 8.55. The quantitative estimate of drug-likeness (QED) is 0.467. The fourth-order valence-electron chi connectivity index (χ4n) is 0.948. The second kappa shape index (κ2) is 2.54. The number of nitrogens with zero attached hydrogens (tertiary/aromatic N) is 4. The third-order valence-corrected chi connectivity index (χ3v) is 1.48. The van der Waals surface area contributed by atoms with Crippen LogP contribution in [-0.2, 0) is 0 Å². The predicted molar refractivity (Wildman–Crippen MR) is 40.6 cm³/mol. The Hall–Kier alpha value is -1.47. The molecule has 0 unspecified atom stereocenters. The van der Waals surface area contributed by atoms with Crippen LogP contribution in [0.25, 0.3) is 5.65 Å². The first-order valence-electron chi connectivity index (χ1n) is 3.29. The molecule has 2 rings (SSSR count). The molecular formula is C5H5BN4O2. The highest BCUT2D eigenvalue weighted by molar-refractivity contribution is 6.57. The molecule has 0 saturated heterocycles. The first-order chi connectivity index (χ1) is 5.79. The van der Waals surface area contributed by atoms with Crippen LogP contribution in [0.4, 0.5) is 0 Å². The van der Waals surface area contributed by atoms with E-state index < -0.39 is 7.12 Å². The molecule has 0 aliphatic rings. The van der Waals surface area contributed by atoms with Crippen LogP contribution >= 0.6 is 0 Å². The van der Waals surface area contributed by atoms with Gasteiger partial charge in [-0.3, -0.25) is 4.98 Å². The largest absolute Gasteiger partial charge is 0.509 e. The zero-order valence-corrected chi connectivity index (χ0v) is 5.99. The van der Waals surface area contributed by atoms with Crippen molar-refractivity contribution in [2.75, 3.05) is 0 Å². The monoisotopic (exact) mass is 164 g/mol. The Kier molecular flexibility index (Phi) is 1.52. The van der Waals surface area contributed by atoms with Crippen LogP contribution in [0.3, 0.4) is 0 Å². The molecule has 0 radical (unpaired) electrons. The van der Waals surface area contributed by atoms with Gasteiger partial charge in [0.25, 0.3) is 0 Å². The van der Waals surface area contributed by atoms with E-state index in [2.05, 4.69) is 15.1 Å². The molecule has 0 bridgehead atoms. The number of fused-ring (bicyclic) bond motifs is 1. The van der Waals surface area contributed by atoms with Gasteiger partial charge in [-0.25, -0.2) is 9.50 Å². The van der Waals surface area contributed by atoms with Crippen LogP contribution in [0.1, 0.15) is 0 Å². The van der Waals surface area contributed by atoms with Crippen LogP contribution in [0.5, 0.6) is 0 Å². The van der Waals surface area contributed by atoms with Gasteiger partial charge in [-0.1, -0.05) is 0 Å². The molecule has 0 aliphatic carbocycles. The standard InChI is InChI=1S/C5H5BN4O2/c11-6(12)4-1-7-2-5-8-3-9-10(4)5/h1-3,11-12H. The number of hydrogen-bond donors (Lipinski definition) is 2. The smallest absolute Gasteiger partial charge is 0.422 e. The number of rotatable bonds is 1. The van der Waals surface area contributed by atoms with Crippen molar-refractivity contribution in [1.82, 2.24) is 19.6 Å². The molecular weight excluding hydrogens is 159 g/mol. The van der Waals surface area contributed by atoms with E-state index in [4.69, 9.17) is 10.0 Å². The first-order valence-corrected chi connectivity index (χ1v) is 3.29. The lowest BCUT2D eigenvalue weighted by Crippen LogP contribution is -2.36. The van der Waals surface area contributed by atoms with Crippen molar-refractivity contribution in [2.45, 2.75) is 0 Å². The van der Waals surface area contributed by atoms with E-state index in [0.717, 1.165) is 0 Å². The number of aromatic nitrogens is 4. The predicted octanol–water partition coefficient (Wildman–Crippen LogP) is -2.20. The van der Waals surface area contributed by atoms with Gasteiger partial charge in [0.2, 0.25) is 0 Å². The molecule has 12 heavy (non-hydrogen) atoms. The average Bonchev–Trinajstić information content (AvgIpc) is 2.49. The summed E-state index contributed by atoms with van der Waals surface area (Å²) in [6.45, 7) is 0. The second-order valence-corrected chi connectivity index (χ2v) is 2.24. The van der Waals surface area contributed by atoms with Gasteiger partial charge in [-0.15, -0.1) is 0 Å². The minimum absolute atomic E-state index is 0.199. The summed E-state index contributed by atoms with van der Waals surface area (Å²) in [5, 5.41) is 21.5. The molecule has 2 N–H and O–H groups in total. The summed E-state index contributed by atoms with van der Waals surface area (Å²) in [6.07, 6.45) is 4.13. The van der Waals surface area contributed by atoms with Crippen LogP contribution in [-0.4, -0.2) is 36.7 Å². The molecule has 60 valence electrons. The maximum Gasteiger partial charge on any atom is 0.509 e. The van der Waals surface area contributed by atoms with Crippen molar-refractivity contribution >= 4 is 18.4 Å². The molecule has 0 saturated carbocycles. The molecule has 0 spiro atoms. The molecule has 0 fully saturated rings. The highest BCUT2D eigenvalue weighted by Crippen LogP contribution is 1.90. The molecule has 2 aromatic heterocycles. The Bertz CT molecular complexity index is 401. The van der Waals surface area contributed by atoms with Gasteiger partial charge in [-0.05, 0) is 0 Å². The van der Waals surface area contributed by atoms with Crippen molar-refractivity contribution in [3.8, 4) is 0 Å². The van der Waals surface area contributed by atoms with E-state index in [0.29, 0.717) is 5.65 Å². The Balaban J connectivity index is 2.73. The minimum atomic E-state index is -1.58. The molecule has 2 heterocycles. The van der Waals surface area contributed by atoms with Crippen molar-refractivity contribution in [3.05, 3.63) is 18.7 Å². The van der Waals surface area contributed by atoms with Gasteiger partial charge in [0.05, 0.1) is 11.8 Å². The van der Waals surface area contributed by atoms with Crippen LogP contribution in [0, 0.1) is 0 Å². The van der Waals surface area contributed by atoms with Crippen LogP contribution in [0.15, 0.2) is 18.7 Å². The summed E-state index contributed by atoms with van der Waals surface area (Å²) < 4.78 is 1.32. The number of hydrogen-bond acceptors (Lipinski definition) is 5. The minimum Gasteiger partial charge on any atom is -0.422 e. The lowest BCUT2D eigenvalue weighted by molar-refractivity contribution is 0.423. The van der Waals surface area contributed by atoms with Gasteiger partial charge in [0.15, 0.2) is 5.65 Å². The maximum absolute atomic E-state index is 8.87. The Morgan fingerprint density at radius 2 is 2.17 bits per heavy atom. The third kappa shape index (κ3) is 0.954. The summed E-state index contributed by atoms with van der Waals surface area (Å²) in [5.74, 6) is 0. The van der Waals surface area contributed by atoms with E-state index in [9.17, 15) is 0 Å². The van der Waals surface area contributed by atoms with E-state index in [1.807, 2.05) is 0 Å². The molecule has 0 amide bonds. The lowest BCUT2D eigenvalue weighted by atomic mass is 9.87. The highest BCUT2D eigenvalue weighted by atomic mass is 16.4. The van der Waals surface area contributed by atoms with Crippen molar-refractivity contribution in [2.24, 2.45) is 0 Å². The van der Waals surface area contributed by atoms with E-state index in [1.165, 1.54) is 23.2 Å². The highest BCUT2D eigenvalue weighted by Gasteiger charge is 2.15. The lowest BCUT2D eigenvalue weighted by Gasteiger charge is -1.99. The summed E-state index contributed by atoms with van der Waals surface area (Å²) in [4.78, 5) is 7.59. The Morgan fingerprint density at radius 1 is 1.33 bits per heavy atom. The first kappa shape index (κ1) is 7.20. The van der Waals surface area contributed by atoms with Gasteiger partial charge in [-0.2, -0.15) is 5.10 Å².